The Morgan fingerprint density at radius 2 is 1.21 bits per heavy atom. The van der Waals surface area contributed by atoms with Gasteiger partial charge >= 0.3 is 24.3 Å². The zero-order valence-electron chi connectivity index (χ0n) is 18.1. The van der Waals surface area contributed by atoms with E-state index in [1.54, 1.807) is 6.92 Å². The van der Waals surface area contributed by atoms with Crippen LogP contribution in [0.5, 0.6) is 0 Å². The lowest BCUT2D eigenvalue weighted by Crippen LogP contribution is -2.14. The van der Waals surface area contributed by atoms with E-state index in [0.29, 0.717) is 11.1 Å². The first-order valence-electron chi connectivity index (χ1n) is 9.29. The van der Waals surface area contributed by atoms with Crippen molar-refractivity contribution in [3.63, 3.8) is 0 Å². The SMILES string of the molecule is CCCn1nc(C(F)(F)F)c(C(=O)OC)c1N.COC(=O)c1c(C(F)(F)F)nn(CCO)c1N. The largest absolute Gasteiger partial charge is 0.465 e. The average molecular weight is 504 g/mol. The normalized spacial score (nSPS) is 11.6. The second-order valence-corrected chi connectivity index (χ2v) is 6.37. The summed E-state index contributed by atoms with van der Waals surface area (Å²) in [6.45, 7) is 1.26. The van der Waals surface area contributed by atoms with Crippen LogP contribution in [0, 0.1) is 0 Å². The van der Waals surface area contributed by atoms with Crippen LogP contribution in [0.3, 0.4) is 0 Å². The smallest absolute Gasteiger partial charge is 0.436 e. The molecule has 2 aromatic rings. The molecule has 0 bridgehead atoms. The highest BCUT2D eigenvalue weighted by molar-refractivity contribution is 5.96. The van der Waals surface area contributed by atoms with E-state index in [4.69, 9.17) is 16.6 Å². The highest BCUT2D eigenvalue weighted by Crippen LogP contribution is 2.35. The van der Waals surface area contributed by atoms with E-state index < -0.39 is 59.2 Å². The number of aromatic nitrogens is 4. The fourth-order valence-electron chi connectivity index (χ4n) is 2.60. The number of carbonyl (C=O) groups excluding carboxylic acids is 2. The van der Waals surface area contributed by atoms with Gasteiger partial charge in [0.05, 0.1) is 27.4 Å². The van der Waals surface area contributed by atoms with Crippen LogP contribution in [-0.4, -0.2) is 57.4 Å². The first-order valence-corrected chi connectivity index (χ1v) is 9.29. The van der Waals surface area contributed by atoms with E-state index in [-0.39, 0.29) is 18.9 Å². The Hall–Kier alpha value is -3.50. The number of aryl methyl sites for hydroxylation is 1. The zero-order valence-corrected chi connectivity index (χ0v) is 18.1. The predicted molar refractivity (Wildman–Crippen MR) is 103 cm³/mol. The van der Waals surface area contributed by atoms with Crippen molar-refractivity contribution in [3.05, 3.63) is 22.5 Å². The summed E-state index contributed by atoms with van der Waals surface area (Å²) < 4.78 is 85.8. The number of carbonyl (C=O) groups is 2. The Balaban J connectivity index is 0.000000340. The van der Waals surface area contributed by atoms with E-state index in [2.05, 4.69) is 19.7 Å². The molecule has 0 saturated heterocycles. The summed E-state index contributed by atoms with van der Waals surface area (Å²) in [5.41, 5.74) is 6.52. The lowest BCUT2D eigenvalue weighted by Gasteiger charge is -2.04. The Morgan fingerprint density at radius 1 is 0.853 bits per heavy atom. The summed E-state index contributed by atoms with van der Waals surface area (Å²) in [6, 6.07) is 0. The van der Waals surface area contributed by atoms with Crippen molar-refractivity contribution >= 4 is 23.6 Å². The Kier molecular flexibility index (Phi) is 9.30. The summed E-state index contributed by atoms with van der Waals surface area (Å²) in [7, 11) is 1.92. The molecule has 11 nitrogen and oxygen atoms in total. The number of rotatable bonds is 6. The molecule has 0 saturated carbocycles. The Labute approximate surface area is 188 Å². The highest BCUT2D eigenvalue weighted by Gasteiger charge is 2.42. The van der Waals surface area contributed by atoms with Gasteiger partial charge in [-0.05, 0) is 6.42 Å². The third-order valence-electron chi connectivity index (χ3n) is 4.05. The Morgan fingerprint density at radius 3 is 1.47 bits per heavy atom. The number of esters is 2. The van der Waals surface area contributed by atoms with Crippen molar-refractivity contribution in [3.8, 4) is 0 Å². The molecule has 0 aliphatic carbocycles. The van der Waals surface area contributed by atoms with Crippen LogP contribution >= 0.6 is 0 Å². The van der Waals surface area contributed by atoms with Gasteiger partial charge in [0.25, 0.3) is 0 Å². The number of aliphatic hydroxyl groups excluding tert-OH is 1. The number of alkyl halides is 6. The molecule has 192 valence electrons. The standard InChI is InChI=1S/C9H12F3N3O2.C8H10F3N3O3/c1-3-4-15-7(13)5(8(16)17-2)6(14-15)9(10,11)12;1-17-7(16)4-5(8(9,10)11)13-14(2-3-15)6(4)12/h3-4,13H2,1-2H3;15H,2-3,12H2,1H3. The van der Waals surface area contributed by atoms with Crippen LogP contribution in [0.1, 0.15) is 45.4 Å². The third kappa shape index (κ3) is 6.30. The van der Waals surface area contributed by atoms with Crippen LogP contribution in [0.25, 0.3) is 0 Å². The summed E-state index contributed by atoms with van der Waals surface area (Å²) in [4.78, 5) is 22.5. The van der Waals surface area contributed by atoms with Crippen molar-refractivity contribution in [2.24, 2.45) is 0 Å². The summed E-state index contributed by atoms with van der Waals surface area (Å²) >= 11 is 0. The summed E-state index contributed by atoms with van der Waals surface area (Å²) in [5, 5.41) is 15.1. The molecule has 2 aromatic heterocycles. The van der Waals surface area contributed by atoms with Gasteiger partial charge in [-0.25, -0.2) is 19.0 Å². The zero-order chi connectivity index (χ0) is 26.4. The van der Waals surface area contributed by atoms with Gasteiger partial charge in [-0.2, -0.15) is 36.5 Å². The van der Waals surface area contributed by atoms with Crippen molar-refractivity contribution < 1.29 is 50.5 Å². The van der Waals surface area contributed by atoms with Gasteiger partial charge in [-0.1, -0.05) is 6.92 Å². The van der Waals surface area contributed by atoms with E-state index in [0.717, 1.165) is 18.9 Å². The number of hydrogen-bond acceptors (Lipinski definition) is 9. The topological polar surface area (TPSA) is 161 Å². The molecule has 2 heterocycles. The molecule has 17 heteroatoms. The molecule has 34 heavy (non-hydrogen) atoms. The number of nitrogens with two attached hydrogens (primary N) is 2. The number of methoxy groups -OCH3 is 2. The molecule has 0 fully saturated rings. The van der Waals surface area contributed by atoms with Crippen molar-refractivity contribution in [2.75, 3.05) is 32.3 Å². The third-order valence-corrected chi connectivity index (χ3v) is 4.05. The lowest BCUT2D eigenvalue weighted by molar-refractivity contribution is -0.142. The van der Waals surface area contributed by atoms with Crippen molar-refractivity contribution in [1.29, 1.82) is 0 Å². The van der Waals surface area contributed by atoms with Gasteiger partial charge in [0.15, 0.2) is 11.4 Å². The monoisotopic (exact) mass is 504 g/mol. The number of nitrogen functional groups attached to an aromatic ring is 2. The molecule has 2 rings (SSSR count). The van der Waals surface area contributed by atoms with Crippen molar-refractivity contribution in [1.82, 2.24) is 19.6 Å². The van der Waals surface area contributed by atoms with E-state index in [9.17, 15) is 35.9 Å². The number of ether oxygens (including phenoxy) is 2. The van der Waals surface area contributed by atoms with Crippen LogP contribution in [-0.2, 0) is 34.9 Å². The highest BCUT2D eigenvalue weighted by atomic mass is 19.4. The molecular weight excluding hydrogens is 482 g/mol. The van der Waals surface area contributed by atoms with Crippen LogP contribution < -0.4 is 11.5 Å². The molecule has 0 aliphatic rings. The lowest BCUT2D eigenvalue weighted by atomic mass is 10.2. The van der Waals surface area contributed by atoms with Gasteiger partial charge in [0, 0.05) is 6.54 Å². The fourth-order valence-corrected chi connectivity index (χ4v) is 2.60. The second kappa shape index (κ2) is 11.1. The maximum absolute atomic E-state index is 12.6. The van der Waals surface area contributed by atoms with E-state index in [1.807, 2.05) is 0 Å². The maximum atomic E-state index is 12.6. The molecule has 5 N–H and O–H groups in total. The summed E-state index contributed by atoms with van der Waals surface area (Å²) in [5.74, 6) is -3.18. The second-order valence-electron chi connectivity index (χ2n) is 6.37. The number of halogens is 6. The summed E-state index contributed by atoms with van der Waals surface area (Å²) in [6.07, 6.45) is -9.02. The minimum atomic E-state index is -4.82. The molecule has 0 spiro atoms. The fraction of sp³-hybridized carbons (Fsp3) is 0.529. The molecular formula is C17H22F6N6O5. The quantitative estimate of drug-likeness (QED) is 0.394. The van der Waals surface area contributed by atoms with Crippen molar-refractivity contribution in [2.45, 2.75) is 38.8 Å². The number of nitrogens with zero attached hydrogens (tertiary/aromatic N) is 4. The van der Waals surface area contributed by atoms with Crippen LogP contribution in [0.2, 0.25) is 0 Å². The molecule has 0 radical (unpaired) electrons. The van der Waals surface area contributed by atoms with Gasteiger partial charge in [0.1, 0.15) is 22.8 Å². The minimum Gasteiger partial charge on any atom is -0.465 e. The molecule has 0 aromatic carbocycles. The number of anilines is 2. The minimum absolute atomic E-state index is 0.200. The van der Waals surface area contributed by atoms with E-state index in [1.165, 1.54) is 0 Å². The number of aliphatic hydroxyl groups is 1. The van der Waals surface area contributed by atoms with Gasteiger partial charge in [0.2, 0.25) is 0 Å². The Bertz CT molecular complexity index is 934. The first kappa shape index (κ1) is 28.5. The van der Waals surface area contributed by atoms with Crippen LogP contribution in [0.4, 0.5) is 38.0 Å². The molecule has 0 unspecified atom stereocenters. The van der Waals surface area contributed by atoms with E-state index >= 15 is 0 Å². The molecule has 0 aliphatic heterocycles. The van der Waals surface area contributed by atoms with Gasteiger partial charge < -0.3 is 26.0 Å². The molecule has 0 atom stereocenters. The molecule has 0 amide bonds. The predicted octanol–water partition coefficient (Wildman–Crippen LogP) is 1.94. The van der Waals surface area contributed by atoms with Gasteiger partial charge in [-0.3, -0.25) is 0 Å². The number of hydrogen-bond donors (Lipinski definition) is 3. The van der Waals surface area contributed by atoms with Gasteiger partial charge in [-0.15, -0.1) is 0 Å². The average Bonchev–Trinajstić information content (AvgIpc) is 3.25. The van der Waals surface area contributed by atoms with Crippen LogP contribution in [0.15, 0.2) is 0 Å². The maximum Gasteiger partial charge on any atom is 0.436 e. The first-order chi connectivity index (χ1) is 15.6.